The van der Waals surface area contributed by atoms with E-state index in [1.807, 2.05) is 54.6 Å². The van der Waals surface area contributed by atoms with E-state index in [9.17, 15) is 9.90 Å². The number of rotatable bonds is 5. The highest BCUT2D eigenvalue weighted by Gasteiger charge is 2.73. The molecule has 3 aromatic carbocycles. The number of methoxy groups -OCH3 is 2. The lowest BCUT2D eigenvalue weighted by Crippen LogP contribution is -2.56. The molecule has 6 nitrogen and oxygen atoms in total. The van der Waals surface area contributed by atoms with Crippen LogP contribution < -0.4 is 19.5 Å². The third kappa shape index (κ3) is 3.14. The molecule has 2 N–H and O–H groups in total. The third-order valence-electron chi connectivity index (χ3n) is 7.03. The minimum atomic E-state index is -1.61. The van der Waals surface area contributed by atoms with Gasteiger partial charge in [-0.3, -0.25) is 4.79 Å². The van der Waals surface area contributed by atoms with Crippen LogP contribution in [0.15, 0.2) is 71.2 Å². The number of nitrogens with one attached hydrogen (secondary N) is 1. The topological polar surface area (TPSA) is 77.0 Å². The van der Waals surface area contributed by atoms with Crippen LogP contribution >= 0.6 is 15.9 Å². The van der Waals surface area contributed by atoms with Crippen LogP contribution in [0.4, 0.5) is 0 Å². The average Bonchev–Trinajstić information content (AvgIpc) is 3.24. The summed E-state index contributed by atoms with van der Waals surface area (Å²) in [5.41, 5.74) is -0.507. The molecule has 3 aromatic rings. The molecule has 5 rings (SSSR count). The summed E-state index contributed by atoms with van der Waals surface area (Å²) in [7, 11) is 3.12. The van der Waals surface area contributed by atoms with Gasteiger partial charge in [-0.1, -0.05) is 58.4 Å². The largest absolute Gasteiger partial charge is 0.496 e. The van der Waals surface area contributed by atoms with Gasteiger partial charge in [-0.2, -0.15) is 0 Å². The molecule has 0 saturated heterocycles. The molecule has 0 radical (unpaired) electrons. The third-order valence-corrected chi connectivity index (χ3v) is 7.56. The molecule has 2 aliphatic rings. The minimum absolute atomic E-state index is 0.224. The zero-order valence-corrected chi connectivity index (χ0v) is 20.8. The smallest absolute Gasteiger partial charge is 0.217 e. The fraction of sp³-hybridized carbons (Fsp3) is 0.296. The maximum absolute atomic E-state index is 12.8. The summed E-state index contributed by atoms with van der Waals surface area (Å²) in [5.74, 6) is 0.979. The number of hydrogen-bond acceptors (Lipinski definition) is 5. The van der Waals surface area contributed by atoms with Crippen LogP contribution in [-0.4, -0.2) is 31.3 Å². The van der Waals surface area contributed by atoms with Crippen molar-refractivity contribution in [1.82, 2.24) is 5.32 Å². The Balaban J connectivity index is 1.84. The highest BCUT2D eigenvalue weighted by Crippen LogP contribution is 2.68. The lowest BCUT2D eigenvalue weighted by molar-refractivity contribution is -0.131. The second kappa shape index (κ2) is 8.32. The first kappa shape index (κ1) is 22.7. The van der Waals surface area contributed by atoms with Crippen molar-refractivity contribution in [2.24, 2.45) is 0 Å². The molecule has 1 aliphatic heterocycles. The fourth-order valence-corrected chi connectivity index (χ4v) is 5.99. The van der Waals surface area contributed by atoms with Crippen LogP contribution in [0.3, 0.4) is 0 Å². The molecule has 176 valence electrons. The summed E-state index contributed by atoms with van der Waals surface area (Å²) in [6, 6.07) is 20.6. The Morgan fingerprint density at radius 2 is 1.79 bits per heavy atom. The average molecular weight is 524 g/mol. The molecule has 0 spiro atoms. The summed E-state index contributed by atoms with van der Waals surface area (Å²) in [5, 5.41) is 15.8. The second-order valence-corrected chi connectivity index (χ2v) is 9.68. The molecule has 7 heteroatoms. The van der Waals surface area contributed by atoms with Crippen LogP contribution in [0.1, 0.15) is 36.0 Å². The fourth-order valence-electron chi connectivity index (χ4n) is 5.72. The zero-order chi connectivity index (χ0) is 24.1. The number of halogens is 1. The van der Waals surface area contributed by atoms with Crippen LogP contribution in [0.2, 0.25) is 0 Å². The van der Waals surface area contributed by atoms with Crippen molar-refractivity contribution in [2.45, 2.75) is 36.5 Å². The zero-order valence-electron chi connectivity index (χ0n) is 19.2. The van der Waals surface area contributed by atoms with Gasteiger partial charge in [0.25, 0.3) is 0 Å². The quantitative estimate of drug-likeness (QED) is 0.509. The molecule has 0 unspecified atom stereocenters. The molecule has 1 amide bonds. The SMILES string of the molecule is COc1cc(OC)c2c(c1)O[C@@]1(c3ccc(Br)cc3)[C@H](c3ccccc3)C[C@H](NC(C)=O)[C@@]21O. The van der Waals surface area contributed by atoms with Gasteiger partial charge in [0.15, 0.2) is 11.2 Å². The van der Waals surface area contributed by atoms with E-state index >= 15 is 0 Å². The Morgan fingerprint density at radius 1 is 1.09 bits per heavy atom. The predicted octanol–water partition coefficient (Wildman–Crippen LogP) is 4.63. The summed E-state index contributed by atoms with van der Waals surface area (Å²) >= 11 is 3.52. The maximum atomic E-state index is 12.8. The standard InChI is InChI=1S/C27H26BrNO5/c1-16(30)29-24-15-21(17-7-5-4-6-8-17)27(18-9-11-19(28)12-10-18)26(24,31)25-22(33-3)13-20(32-2)14-23(25)34-27/h4-14,21,24,31H,15H2,1-3H3,(H,29,30)/t21-,24-,26+,27-/m0/s1. The van der Waals surface area contributed by atoms with E-state index in [1.165, 1.54) is 6.92 Å². The Hall–Kier alpha value is -3.03. The molecule has 1 saturated carbocycles. The first-order valence-electron chi connectivity index (χ1n) is 11.1. The molecule has 34 heavy (non-hydrogen) atoms. The van der Waals surface area contributed by atoms with Crippen molar-refractivity contribution in [3.63, 3.8) is 0 Å². The molecule has 1 aliphatic carbocycles. The molecular formula is C27H26BrNO5. The van der Waals surface area contributed by atoms with E-state index in [2.05, 4.69) is 21.2 Å². The molecule has 0 bridgehead atoms. The Kier molecular flexibility index (Phi) is 5.57. The van der Waals surface area contributed by atoms with Crippen molar-refractivity contribution >= 4 is 21.8 Å². The molecule has 4 atom stereocenters. The minimum Gasteiger partial charge on any atom is -0.496 e. The van der Waals surface area contributed by atoms with Crippen LogP contribution in [0.25, 0.3) is 0 Å². The van der Waals surface area contributed by atoms with Gasteiger partial charge in [0.2, 0.25) is 5.91 Å². The number of hydrogen-bond donors (Lipinski definition) is 2. The van der Waals surface area contributed by atoms with Crippen LogP contribution in [0.5, 0.6) is 17.2 Å². The van der Waals surface area contributed by atoms with E-state index < -0.39 is 17.2 Å². The summed E-state index contributed by atoms with van der Waals surface area (Å²) in [6.45, 7) is 1.46. The second-order valence-electron chi connectivity index (χ2n) is 8.77. The number of fused-ring (bicyclic) bond motifs is 3. The summed E-state index contributed by atoms with van der Waals surface area (Å²) < 4.78 is 19.0. The van der Waals surface area contributed by atoms with Gasteiger partial charge in [-0.25, -0.2) is 0 Å². The highest BCUT2D eigenvalue weighted by atomic mass is 79.9. The van der Waals surface area contributed by atoms with Crippen LogP contribution in [0, 0.1) is 0 Å². The van der Waals surface area contributed by atoms with Crippen molar-refractivity contribution in [3.05, 3.63) is 87.9 Å². The Labute approximate surface area is 207 Å². The highest BCUT2D eigenvalue weighted by molar-refractivity contribution is 9.10. The van der Waals surface area contributed by atoms with E-state index in [0.29, 0.717) is 29.2 Å². The van der Waals surface area contributed by atoms with Crippen molar-refractivity contribution in [3.8, 4) is 17.2 Å². The molecule has 0 aromatic heterocycles. The van der Waals surface area contributed by atoms with Gasteiger partial charge in [0, 0.05) is 29.4 Å². The van der Waals surface area contributed by atoms with Gasteiger partial charge in [-0.05, 0) is 29.7 Å². The molecule has 1 heterocycles. The van der Waals surface area contributed by atoms with Crippen LogP contribution in [-0.2, 0) is 16.0 Å². The number of benzene rings is 3. The normalized spacial score (nSPS) is 26.9. The number of carbonyl (C=O) groups is 1. The number of carbonyl (C=O) groups excluding carboxylic acids is 1. The van der Waals surface area contributed by atoms with Crippen molar-refractivity contribution in [1.29, 1.82) is 0 Å². The first-order valence-corrected chi connectivity index (χ1v) is 11.9. The van der Waals surface area contributed by atoms with Gasteiger partial charge in [-0.15, -0.1) is 0 Å². The molecular weight excluding hydrogens is 498 g/mol. The van der Waals surface area contributed by atoms with Gasteiger partial charge >= 0.3 is 0 Å². The number of ether oxygens (including phenoxy) is 3. The van der Waals surface area contributed by atoms with Gasteiger partial charge in [0.1, 0.15) is 17.2 Å². The lowest BCUT2D eigenvalue weighted by Gasteiger charge is -2.41. The predicted molar refractivity (Wildman–Crippen MR) is 131 cm³/mol. The van der Waals surface area contributed by atoms with Gasteiger partial charge in [0.05, 0.1) is 25.8 Å². The van der Waals surface area contributed by atoms with E-state index in [-0.39, 0.29) is 11.8 Å². The molecule has 1 fully saturated rings. The van der Waals surface area contributed by atoms with E-state index in [1.54, 1.807) is 26.4 Å². The van der Waals surface area contributed by atoms with Crippen molar-refractivity contribution in [2.75, 3.05) is 14.2 Å². The number of amides is 1. The first-order chi connectivity index (χ1) is 16.3. The maximum Gasteiger partial charge on any atom is 0.217 e. The lowest BCUT2D eigenvalue weighted by atomic mass is 9.71. The van der Waals surface area contributed by atoms with E-state index in [0.717, 1.165) is 15.6 Å². The van der Waals surface area contributed by atoms with Gasteiger partial charge < -0.3 is 24.6 Å². The summed E-state index contributed by atoms with van der Waals surface area (Å²) in [4.78, 5) is 12.3. The van der Waals surface area contributed by atoms with Crippen molar-refractivity contribution < 1.29 is 24.1 Å². The number of aliphatic hydroxyl groups is 1. The van der Waals surface area contributed by atoms with E-state index in [4.69, 9.17) is 14.2 Å². The summed E-state index contributed by atoms with van der Waals surface area (Å²) in [6.07, 6.45) is 0.477. The Morgan fingerprint density at radius 3 is 2.41 bits per heavy atom. The monoisotopic (exact) mass is 523 g/mol. The Bertz CT molecular complexity index is 1230.